The normalized spacial score (nSPS) is 22.5. The van der Waals surface area contributed by atoms with Crippen LogP contribution >= 0.6 is 0 Å². The molecular weight excluding hydrogens is 412 g/mol. The third kappa shape index (κ3) is 5.06. The zero-order chi connectivity index (χ0) is 22.7. The van der Waals surface area contributed by atoms with Crippen LogP contribution in [0.3, 0.4) is 0 Å². The maximum absolute atomic E-state index is 14.7. The van der Waals surface area contributed by atoms with Crippen molar-refractivity contribution in [2.75, 3.05) is 51.7 Å². The Hall–Kier alpha value is -2.61. The lowest BCUT2D eigenvalue weighted by atomic mass is 9.92. The number of benzene rings is 1. The SMILES string of the molecule is C/N=C/c1ccc(N2CC(C(=O)NCC3CCN(C)CC3)CC(F)(F)C2)c2cccnc12. The summed E-state index contributed by atoms with van der Waals surface area (Å²) >= 11 is 0. The van der Waals surface area contributed by atoms with Crippen molar-refractivity contribution in [1.29, 1.82) is 0 Å². The first kappa shape index (κ1) is 22.6. The second-order valence-electron chi connectivity index (χ2n) is 9.09. The van der Waals surface area contributed by atoms with E-state index in [4.69, 9.17) is 0 Å². The maximum atomic E-state index is 14.7. The molecule has 1 aromatic carbocycles. The molecule has 1 aromatic heterocycles. The molecule has 8 heteroatoms. The minimum absolute atomic E-state index is 0.264. The quantitative estimate of drug-likeness (QED) is 0.721. The summed E-state index contributed by atoms with van der Waals surface area (Å²) < 4.78 is 29.4. The third-order valence-corrected chi connectivity index (χ3v) is 6.57. The predicted octanol–water partition coefficient (Wildman–Crippen LogP) is 3.20. The average Bonchev–Trinajstić information content (AvgIpc) is 2.78. The van der Waals surface area contributed by atoms with Gasteiger partial charge in [0.25, 0.3) is 5.92 Å². The lowest BCUT2D eigenvalue weighted by molar-refractivity contribution is -0.130. The zero-order valence-electron chi connectivity index (χ0n) is 18.7. The van der Waals surface area contributed by atoms with Crippen molar-refractivity contribution < 1.29 is 13.6 Å². The molecule has 1 atom stereocenters. The van der Waals surface area contributed by atoms with Crippen molar-refractivity contribution in [2.45, 2.75) is 25.2 Å². The Kier molecular flexibility index (Phi) is 6.69. The highest BCUT2D eigenvalue weighted by Crippen LogP contribution is 2.36. The number of piperidine rings is 2. The molecule has 2 aromatic rings. The lowest BCUT2D eigenvalue weighted by Crippen LogP contribution is -2.52. The van der Waals surface area contributed by atoms with Crippen molar-refractivity contribution in [2.24, 2.45) is 16.8 Å². The van der Waals surface area contributed by atoms with Crippen LogP contribution in [0.1, 0.15) is 24.8 Å². The minimum Gasteiger partial charge on any atom is -0.364 e. The zero-order valence-corrected chi connectivity index (χ0v) is 18.7. The first-order chi connectivity index (χ1) is 15.4. The number of hydrogen-bond acceptors (Lipinski definition) is 5. The van der Waals surface area contributed by atoms with Crippen molar-refractivity contribution in [1.82, 2.24) is 15.2 Å². The van der Waals surface area contributed by atoms with Gasteiger partial charge in [-0.25, -0.2) is 8.78 Å². The number of likely N-dealkylation sites (tertiary alicyclic amines) is 1. The van der Waals surface area contributed by atoms with Gasteiger partial charge in [0.15, 0.2) is 0 Å². The number of halogens is 2. The molecule has 2 saturated heterocycles. The summed E-state index contributed by atoms with van der Waals surface area (Å²) in [6, 6.07) is 7.36. The number of rotatable bonds is 5. The van der Waals surface area contributed by atoms with E-state index in [0.29, 0.717) is 23.7 Å². The number of pyridine rings is 1. The Morgan fingerprint density at radius 3 is 2.84 bits per heavy atom. The van der Waals surface area contributed by atoms with E-state index in [1.807, 2.05) is 18.2 Å². The molecule has 0 spiro atoms. The van der Waals surface area contributed by atoms with Gasteiger partial charge < -0.3 is 15.1 Å². The molecule has 6 nitrogen and oxygen atoms in total. The standard InChI is InChI=1S/C24H31F2N5O/c1-27-14-18-5-6-21(20-4-3-9-28-22(18)20)31-15-19(12-24(25,26)16-31)23(32)29-13-17-7-10-30(2)11-8-17/h3-6,9,14,17,19H,7-8,10-13,15-16H2,1-2H3,(H,29,32)/b27-14+. The van der Waals surface area contributed by atoms with E-state index in [9.17, 15) is 13.6 Å². The van der Waals surface area contributed by atoms with Gasteiger partial charge in [0, 0.05) is 55.6 Å². The van der Waals surface area contributed by atoms with Crippen LogP contribution in [0.5, 0.6) is 0 Å². The van der Waals surface area contributed by atoms with Crippen molar-refractivity contribution in [3.8, 4) is 0 Å². The summed E-state index contributed by atoms with van der Waals surface area (Å²) in [4.78, 5) is 25.3. The molecular formula is C24H31F2N5O. The summed E-state index contributed by atoms with van der Waals surface area (Å²) in [5, 5.41) is 3.75. The Morgan fingerprint density at radius 2 is 2.09 bits per heavy atom. The van der Waals surface area contributed by atoms with Gasteiger partial charge in [0.05, 0.1) is 18.0 Å². The van der Waals surface area contributed by atoms with E-state index >= 15 is 0 Å². The van der Waals surface area contributed by atoms with Crippen LogP contribution in [0.25, 0.3) is 10.9 Å². The average molecular weight is 444 g/mol. The van der Waals surface area contributed by atoms with Gasteiger partial charge >= 0.3 is 0 Å². The maximum Gasteiger partial charge on any atom is 0.266 e. The van der Waals surface area contributed by atoms with Crippen LogP contribution < -0.4 is 10.2 Å². The molecule has 3 heterocycles. The van der Waals surface area contributed by atoms with E-state index in [1.54, 1.807) is 30.4 Å². The summed E-state index contributed by atoms with van der Waals surface area (Å²) in [6.07, 6.45) is 5.03. The minimum atomic E-state index is -2.94. The fraction of sp³-hybridized carbons (Fsp3) is 0.542. The number of carbonyl (C=O) groups is 1. The van der Waals surface area contributed by atoms with Gasteiger partial charge in [-0.3, -0.25) is 14.8 Å². The first-order valence-electron chi connectivity index (χ1n) is 11.3. The molecule has 0 saturated carbocycles. The highest BCUT2D eigenvalue weighted by Gasteiger charge is 2.43. The second-order valence-corrected chi connectivity index (χ2v) is 9.09. The topological polar surface area (TPSA) is 60.8 Å². The van der Waals surface area contributed by atoms with Crippen LogP contribution in [-0.2, 0) is 4.79 Å². The number of alkyl halides is 2. The molecule has 2 aliphatic rings. The number of nitrogens with one attached hydrogen (secondary N) is 1. The van der Waals surface area contributed by atoms with E-state index in [0.717, 1.165) is 36.9 Å². The smallest absolute Gasteiger partial charge is 0.266 e. The molecule has 0 aliphatic carbocycles. The molecule has 1 amide bonds. The number of hydrogen-bond donors (Lipinski definition) is 1. The fourth-order valence-electron chi connectivity index (χ4n) is 4.81. The second kappa shape index (κ2) is 9.48. The van der Waals surface area contributed by atoms with E-state index < -0.39 is 24.8 Å². The Labute approximate surface area is 187 Å². The number of nitrogens with zero attached hydrogens (tertiary/aromatic N) is 4. The van der Waals surface area contributed by atoms with Gasteiger partial charge in [0.1, 0.15) is 0 Å². The van der Waals surface area contributed by atoms with E-state index in [-0.39, 0.29) is 12.5 Å². The molecule has 2 aliphatic heterocycles. The summed E-state index contributed by atoms with van der Waals surface area (Å²) in [6.45, 7) is 2.44. The number of carbonyl (C=O) groups excluding carboxylic acids is 1. The fourth-order valence-corrected chi connectivity index (χ4v) is 4.81. The Morgan fingerprint density at radius 1 is 1.31 bits per heavy atom. The number of aromatic nitrogens is 1. The molecule has 2 fully saturated rings. The Bertz CT molecular complexity index is 988. The molecule has 0 bridgehead atoms. The van der Waals surface area contributed by atoms with Gasteiger partial charge in [-0.15, -0.1) is 0 Å². The molecule has 172 valence electrons. The molecule has 32 heavy (non-hydrogen) atoms. The van der Waals surface area contributed by atoms with Gasteiger partial charge in [-0.2, -0.15) is 0 Å². The van der Waals surface area contributed by atoms with Gasteiger partial charge in [-0.1, -0.05) is 0 Å². The number of amides is 1. The van der Waals surface area contributed by atoms with Gasteiger partial charge in [0.2, 0.25) is 5.91 Å². The van der Waals surface area contributed by atoms with Gasteiger partial charge in [-0.05, 0) is 63.2 Å². The van der Waals surface area contributed by atoms with Crippen molar-refractivity contribution in [3.63, 3.8) is 0 Å². The molecule has 0 radical (unpaired) electrons. The number of fused-ring (bicyclic) bond motifs is 1. The number of aliphatic imine (C=N–C) groups is 1. The summed E-state index contributed by atoms with van der Waals surface area (Å²) in [5.41, 5.74) is 2.23. The highest BCUT2D eigenvalue weighted by atomic mass is 19.3. The van der Waals surface area contributed by atoms with E-state index in [2.05, 4.69) is 27.2 Å². The van der Waals surface area contributed by atoms with Crippen molar-refractivity contribution >= 4 is 28.7 Å². The monoisotopic (exact) mass is 443 g/mol. The van der Waals surface area contributed by atoms with Crippen LogP contribution in [0.2, 0.25) is 0 Å². The van der Waals surface area contributed by atoms with Crippen LogP contribution in [0.4, 0.5) is 14.5 Å². The number of anilines is 1. The van der Waals surface area contributed by atoms with Crippen LogP contribution in [0.15, 0.2) is 35.5 Å². The molecule has 1 unspecified atom stereocenters. The Balaban J connectivity index is 1.52. The molecule has 1 N–H and O–H groups in total. The van der Waals surface area contributed by atoms with Crippen molar-refractivity contribution in [3.05, 3.63) is 36.0 Å². The van der Waals surface area contributed by atoms with E-state index in [1.165, 1.54) is 0 Å². The molecule has 4 rings (SSSR count). The third-order valence-electron chi connectivity index (χ3n) is 6.57. The van der Waals surface area contributed by atoms with Crippen LogP contribution in [-0.4, -0.2) is 74.7 Å². The predicted molar refractivity (Wildman–Crippen MR) is 124 cm³/mol. The van der Waals surface area contributed by atoms with Crippen LogP contribution in [0, 0.1) is 11.8 Å². The summed E-state index contributed by atoms with van der Waals surface area (Å²) in [5.74, 6) is -3.55. The lowest BCUT2D eigenvalue weighted by Gasteiger charge is -2.39. The largest absolute Gasteiger partial charge is 0.364 e. The highest BCUT2D eigenvalue weighted by molar-refractivity contribution is 6.03. The summed E-state index contributed by atoms with van der Waals surface area (Å²) in [7, 11) is 3.77. The first-order valence-corrected chi connectivity index (χ1v) is 11.3.